The van der Waals surface area contributed by atoms with Gasteiger partial charge in [-0.25, -0.2) is 0 Å². The van der Waals surface area contributed by atoms with Crippen molar-refractivity contribution in [3.05, 3.63) is 23.8 Å². The average Bonchev–Trinajstić information content (AvgIpc) is 2.48. The Balaban J connectivity index is 1.69. The van der Waals surface area contributed by atoms with Crippen LogP contribution < -0.4 is 14.8 Å². The maximum absolute atomic E-state index is 12.1. The normalized spacial score (nSPS) is 21.8. The van der Waals surface area contributed by atoms with Gasteiger partial charge < -0.3 is 19.5 Å². The van der Waals surface area contributed by atoms with E-state index in [1.54, 1.807) is 18.2 Å². The van der Waals surface area contributed by atoms with E-state index in [4.69, 9.17) is 14.2 Å². The molecule has 1 N–H and O–H groups in total. The van der Waals surface area contributed by atoms with Crippen molar-refractivity contribution in [3.63, 3.8) is 0 Å². The topological polar surface area (TPSA) is 56.8 Å². The van der Waals surface area contributed by atoms with E-state index in [0.717, 1.165) is 19.4 Å². The molecule has 1 aromatic carbocycles. The SMILES string of the molecule is O=C(NC1CCCOC1)c1ccc2c(c1)OCCO2. The van der Waals surface area contributed by atoms with E-state index in [-0.39, 0.29) is 11.9 Å². The van der Waals surface area contributed by atoms with Crippen molar-refractivity contribution in [1.29, 1.82) is 0 Å². The standard InChI is InChI=1S/C14H17NO4/c16-14(15-11-2-1-5-17-9-11)10-3-4-12-13(8-10)19-7-6-18-12/h3-4,8,11H,1-2,5-7,9H2,(H,15,16). The van der Waals surface area contributed by atoms with E-state index < -0.39 is 0 Å². The predicted molar refractivity (Wildman–Crippen MR) is 68.7 cm³/mol. The summed E-state index contributed by atoms with van der Waals surface area (Å²) in [5.74, 6) is 1.25. The molecule has 1 aromatic rings. The lowest BCUT2D eigenvalue weighted by Crippen LogP contribution is -2.40. The first-order chi connectivity index (χ1) is 9.33. The number of carbonyl (C=O) groups is 1. The quantitative estimate of drug-likeness (QED) is 0.875. The molecule has 0 spiro atoms. The molecule has 0 radical (unpaired) electrons. The second-order valence-electron chi connectivity index (χ2n) is 4.75. The van der Waals surface area contributed by atoms with Crippen LogP contribution in [-0.4, -0.2) is 38.4 Å². The van der Waals surface area contributed by atoms with Crippen LogP contribution in [-0.2, 0) is 4.74 Å². The molecular formula is C14H17NO4. The van der Waals surface area contributed by atoms with Crippen molar-refractivity contribution < 1.29 is 19.0 Å². The molecule has 5 heteroatoms. The summed E-state index contributed by atoms with van der Waals surface area (Å²) >= 11 is 0. The minimum atomic E-state index is -0.0903. The van der Waals surface area contributed by atoms with E-state index in [2.05, 4.69) is 5.32 Å². The Labute approximate surface area is 111 Å². The van der Waals surface area contributed by atoms with Crippen LogP contribution in [0.2, 0.25) is 0 Å². The summed E-state index contributed by atoms with van der Waals surface area (Å²) in [5.41, 5.74) is 0.592. The number of amides is 1. The highest BCUT2D eigenvalue weighted by Crippen LogP contribution is 2.30. The zero-order chi connectivity index (χ0) is 13.1. The summed E-state index contributed by atoms with van der Waals surface area (Å²) < 4.78 is 16.3. The second kappa shape index (κ2) is 5.48. The Morgan fingerprint density at radius 2 is 2.00 bits per heavy atom. The number of ether oxygens (including phenoxy) is 3. The van der Waals surface area contributed by atoms with Crippen molar-refractivity contribution in [2.24, 2.45) is 0 Å². The fourth-order valence-corrected chi connectivity index (χ4v) is 2.31. The highest BCUT2D eigenvalue weighted by molar-refractivity contribution is 5.95. The van der Waals surface area contributed by atoms with Crippen LogP contribution in [0.15, 0.2) is 18.2 Å². The van der Waals surface area contributed by atoms with Gasteiger partial charge in [0.05, 0.1) is 12.6 Å². The van der Waals surface area contributed by atoms with E-state index in [1.165, 1.54) is 0 Å². The van der Waals surface area contributed by atoms with Crippen molar-refractivity contribution >= 4 is 5.91 Å². The number of nitrogens with one attached hydrogen (secondary N) is 1. The van der Waals surface area contributed by atoms with Gasteiger partial charge in [0.1, 0.15) is 13.2 Å². The van der Waals surface area contributed by atoms with Gasteiger partial charge in [-0.2, -0.15) is 0 Å². The third-order valence-corrected chi connectivity index (χ3v) is 3.30. The first-order valence-electron chi connectivity index (χ1n) is 6.61. The zero-order valence-electron chi connectivity index (χ0n) is 10.7. The molecule has 0 saturated carbocycles. The van der Waals surface area contributed by atoms with Gasteiger partial charge in [-0.1, -0.05) is 0 Å². The summed E-state index contributed by atoms with van der Waals surface area (Å²) in [5, 5.41) is 2.98. The summed E-state index contributed by atoms with van der Waals surface area (Å²) in [6, 6.07) is 5.37. The molecule has 1 unspecified atom stereocenters. The Kier molecular flexibility index (Phi) is 3.55. The predicted octanol–water partition coefficient (Wildman–Crippen LogP) is 1.37. The fourth-order valence-electron chi connectivity index (χ4n) is 2.31. The second-order valence-corrected chi connectivity index (χ2v) is 4.75. The smallest absolute Gasteiger partial charge is 0.251 e. The summed E-state index contributed by atoms with van der Waals surface area (Å²) in [7, 11) is 0. The van der Waals surface area contributed by atoms with Crippen LogP contribution in [0.5, 0.6) is 11.5 Å². The van der Waals surface area contributed by atoms with E-state index in [1.807, 2.05) is 0 Å². The number of hydrogen-bond donors (Lipinski definition) is 1. The highest BCUT2D eigenvalue weighted by Gasteiger charge is 2.19. The fraction of sp³-hybridized carbons (Fsp3) is 0.500. The molecule has 1 fully saturated rings. The molecule has 19 heavy (non-hydrogen) atoms. The zero-order valence-corrected chi connectivity index (χ0v) is 10.7. The first-order valence-corrected chi connectivity index (χ1v) is 6.61. The van der Waals surface area contributed by atoms with Crippen LogP contribution in [0.4, 0.5) is 0 Å². The molecule has 0 aromatic heterocycles. The molecule has 102 valence electrons. The van der Waals surface area contributed by atoms with E-state index in [9.17, 15) is 4.79 Å². The largest absolute Gasteiger partial charge is 0.486 e. The van der Waals surface area contributed by atoms with Crippen LogP contribution >= 0.6 is 0 Å². The minimum Gasteiger partial charge on any atom is -0.486 e. The lowest BCUT2D eigenvalue weighted by atomic mass is 10.1. The van der Waals surface area contributed by atoms with E-state index >= 15 is 0 Å². The minimum absolute atomic E-state index is 0.0903. The van der Waals surface area contributed by atoms with Crippen LogP contribution in [0.25, 0.3) is 0 Å². The third kappa shape index (κ3) is 2.81. The molecule has 2 heterocycles. The highest BCUT2D eigenvalue weighted by atomic mass is 16.6. The summed E-state index contributed by atoms with van der Waals surface area (Å²) in [6.07, 6.45) is 1.96. The third-order valence-electron chi connectivity index (χ3n) is 3.30. The van der Waals surface area contributed by atoms with Crippen LogP contribution in [0, 0.1) is 0 Å². The molecule has 1 atom stereocenters. The van der Waals surface area contributed by atoms with Gasteiger partial charge in [0.15, 0.2) is 11.5 Å². The molecule has 0 bridgehead atoms. The number of carbonyl (C=O) groups excluding carboxylic acids is 1. The van der Waals surface area contributed by atoms with Gasteiger partial charge in [0, 0.05) is 12.2 Å². The molecule has 2 aliphatic rings. The number of fused-ring (bicyclic) bond motifs is 1. The maximum atomic E-state index is 12.1. The Morgan fingerprint density at radius 3 is 2.79 bits per heavy atom. The monoisotopic (exact) mass is 263 g/mol. The van der Waals surface area contributed by atoms with Crippen LogP contribution in [0.1, 0.15) is 23.2 Å². The Bertz CT molecular complexity index is 469. The van der Waals surface area contributed by atoms with Gasteiger partial charge in [-0.3, -0.25) is 4.79 Å². The van der Waals surface area contributed by atoms with Crippen molar-refractivity contribution in [2.45, 2.75) is 18.9 Å². The molecule has 0 aliphatic carbocycles. The lowest BCUT2D eigenvalue weighted by Gasteiger charge is -2.23. The van der Waals surface area contributed by atoms with Gasteiger partial charge in [-0.15, -0.1) is 0 Å². The van der Waals surface area contributed by atoms with Crippen LogP contribution in [0.3, 0.4) is 0 Å². The van der Waals surface area contributed by atoms with E-state index in [0.29, 0.717) is 36.9 Å². The molecule has 5 nitrogen and oxygen atoms in total. The molecule has 1 amide bonds. The van der Waals surface area contributed by atoms with Gasteiger partial charge in [0.2, 0.25) is 0 Å². The van der Waals surface area contributed by atoms with Crippen molar-refractivity contribution in [2.75, 3.05) is 26.4 Å². The molecule has 3 rings (SSSR count). The number of benzene rings is 1. The summed E-state index contributed by atoms with van der Waals surface area (Å²) in [4.78, 5) is 12.1. The Morgan fingerprint density at radius 1 is 1.16 bits per heavy atom. The van der Waals surface area contributed by atoms with Gasteiger partial charge in [-0.05, 0) is 31.0 Å². The average molecular weight is 263 g/mol. The Hall–Kier alpha value is -1.75. The first kappa shape index (κ1) is 12.3. The van der Waals surface area contributed by atoms with Crippen molar-refractivity contribution in [3.8, 4) is 11.5 Å². The molecular weight excluding hydrogens is 246 g/mol. The number of rotatable bonds is 2. The number of hydrogen-bond acceptors (Lipinski definition) is 4. The molecule has 1 saturated heterocycles. The van der Waals surface area contributed by atoms with Crippen molar-refractivity contribution in [1.82, 2.24) is 5.32 Å². The lowest BCUT2D eigenvalue weighted by molar-refractivity contribution is 0.0624. The maximum Gasteiger partial charge on any atom is 0.251 e. The molecule has 2 aliphatic heterocycles. The van der Waals surface area contributed by atoms with Gasteiger partial charge >= 0.3 is 0 Å². The van der Waals surface area contributed by atoms with Gasteiger partial charge in [0.25, 0.3) is 5.91 Å². The summed E-state index contributed by atoms with van der Waals surface area (Å²) in [6.45, 7) is 2.46.